The van der Waals surface area contributed by atoms with Crippen molar-refractivity contribution < 1.29 is 15.0 Å². The highest BCUT2D eigenvalue weighted by Crippen LogP contribution is 2.48. The summed E-state index contributed by atoms with van der Waals surface area (Å²) in [6, 6.07) is 0. The van der Waals surface area contributed by atoms with Gasteiger partial charge >= 0.3 is 5.97 Å². The van der Waals surface area contributed by atoms with Crippen LogP contribution >= 0.6 is 0 Å². The first-order valence-corrected chi connectivity index (χ1v) is 4.53. The summed E-state index contributed by atoms with van der Waals surface area (Å²) >= 11 is 0. The number of allylic oxidation sites excluding steroid dienone is 1. The zero-order valence-corrected chi connectivity index (χ0v) is 7.92. The second-order valence-electron chi connectivity index (χ2n) is 4.07. The van der Waals surface area contributed by atoms with Gasteiger partial charge in [-0.25, -0.2) is 4.79 Å². The van der Waals surface area contributed by atoms with Gasteiger partial charge in [0.1, 0.15) is 0 Å². The Morgan fingerprint density at radius 3 is 2.69 bits per heavy atom. The fourth-order valence-corrected chi connectivity index (χ4v) is 2.20. The predicted molar refractivity (Wildman–Crippen MR) is 49.4 cm³/mol. The predicted octanol–water partition coefficient (Wildman–Crippen LogP) is 1.57. The van der Waals surface area contributed by atoms with Crippen LogP contribution in [0.4, 0.5) is 0 Å². The summed E-state index contributed by atoms with van der Waals surface area (Å²) in [5.41, 5.74) is -2.10. The van der Waals surface area contributed by atoms with Crippen molar-refractivity contribution in [3.8, 4) is 0 Å². The van der Waals surface area contributed by atoms with Crippen LogP contribution in [0.2, 0.25) is 0 Å². The summed E-state index contributed by atoms with van der Waals surface area (Å²) in [6.45, 7) is 5.41. The molecule has 2 unspecified atom stereocenters. The minimum Gasteiger partial charge on any atom is -0.479 e. The van der Waals surface area contributed by atoms with E-state index in [4.69, 9.17) is 5.11 Å². The smallest absolute Gasteiger partial charge is 0.336 e. The van der Waals surface area contributed by atoms with Crippen molar-refractivity contribution in [1.82, 2.24) is 0 Å². The van der Waals surface area contributed by atoms with Crippen LogP contribution < -0.4 is 0 Å². The van der Waals surface area contributed by atoms with Crippen molar-refractivity contribution in [3.05, 3.63) is 12.7 Å². The molecule has 0 saturated heterocycles. The van der Waals surface area contributed by atoms with Gasteiger partial charge in [0.2, 0.25) is 0 Å². The molecule has 0 bridgehead atoms. The van der Waals surface area contributed by atoms with Crippen LogP contribution in [0.1, 0.15) is 32.6 Å². The van der Waals surface area contributed by atoms with Crippen LogP contribution in [0.15, 0.2) is 12.7 Å². The molecule has 0 aromatic carbocycles. The van der Waals surface area contributed by atoms with Gasteiger partial charge in [0.05, 0.1) is 0 Å². The number of carbonyl (C=O) groups is 1. The Balaban J connectivity index is 2.96. The van der Waals surface area contributed by atoms with Gasteiger partial charge in [0.15, 0.2) is 5.60 Å². The van der Waals surface area contributed by atoms with Crippen LogP contribution in [-0.4, -0.2) is 21.8 Å². The Bertz CT molecular complexity index is 236. The Labute approximate surface area is 78.1 Å². The fourth-order valence-electron chi connectivity index (χ4n) is 2.20. The molecule has 1 aliphatic carbocycles. The van der Waals surface area contributed by atoms with Gasteiger partial charge in [-0.05, 0) is 25.7 Å². The Morgan fingerprint density at radius 1 is 1.62 bits per heavy atom. The molecule has 3 nitrogen and oxygen atoms in total. The van der Waals surface area contributed by atoms with Crippen LogP contribution in [0.5, 0.6) is 0 Å². The normalized spacial score (nSPS) is 38.9. The third kappa shape index (κ3) is 1.37. The minimum atomic E-state index is -1.55. The van der Waals surface area contributed by atoms with E-state index in [1.54, 1.807) is 6.08 Å². The summed E-state index contributed by atoms with van der Waals surface area (Å²) in [4.78, 5) is 10.9. The molecule has 0 aromatic rings. The lowest BCUT2D eigenvalue weighted by Crippen LogP contribution is -2.48. The van der Waals surface area contributed by atoms with E-state index in [9.17, 15) is 9.90 Å². The number of carboxylic acids is 1. The van der Waals surface area contributed by atoms with Gasteiger partial charge in [-0.15, -0.1) is 6.58 Å². The van der Waals surface area contributed by atoms with Crippen molar-refractivity contribution in [1.29, 1.82) is 0 Å². The lowest BCUT2D eigenvalue weighted by molar-refractivity contribution is -0.169. The molecule has 13 heavy (non-hydrogen) atoms. The molecule has 74 valence electrons. The molecule has 1 fully saturated rings. The molecule has 1 saturated carbocycles. The molecule has 0 spiro atoms. The zero-order chi connectivity index (χ0) is 10.1. The van der Waals surface area contributed by atoms with E-state index in [0.29, 0.717) is 12.8 Å². The molecule has 0 heterocycles. The quantitative estimate of drug-likeness (QED) is 0.654. The van der Waals surface area contributed by atoms with Gasteiger partial charge in [0.25, 0.3) is 0 Å². The number of carboxylic acid groups (broad SMARTS) is 1. The Morgan fingerprint density at radius 2 is 2.23 bits per heavy atom. The molecule has 0 aromatic heterocycles. The first-order valence-electron chi connectivity index (χ1n) is 4.53. The molecule has 0 amide bonds. The standard InChI is InChI=1S/C10H16O3/c1-3-5-9(2)6-4-7-10(9,13)8(11)12/h3,13H,1,4-7H2,2H3,(H,11,12). The lowest BCUT2D eigenvalue weighted by atomic mass is 9.73. The zero-order valence-electron chi connectivity index (χ0n) is 7.92. The molecule has 2 N–H and O–H groups in total. The highest BCUT2D eigenvalue weighted by Gasteiger charge is 2.55. The first kappa shape index (κ1) is 10.3. The molecular formula is C10H16O3. The average Bonchev–Trinajstić information content (AvgIpc) is 2.30. The Hall–Kier alpha value is -0.830. The first-order chi connectivity index (χ1) is 5.96. The lowest BCUT2D eigenvalue weighted by Gasteiger charge is -2.35. The summed E-state index contributed by atoms with van der Waals surface area (Å²) in [5, 5.41) is 18.9. The second kappa shape index (κ2) is 3.14. The van der Waals surface area contributed by atoms with E-state index in [1.807, 2.05) is 6.92 Å². The number of hydrogen-bond donors (Lipinski definition) is 2. The van der Waals surface area contributed by atoms with E-state index < -0.39 is 17.0 Å². The average molecular weight is 184 g/mol. The Kier molecular flexibility index (Phi) is 2.48. The molecule has 0 radical (unpaired) electrons. The van der Waals surface area contributed by atoms with Gasteiger partial charge in [-0.2, -0.15) is 0 Å². The van der Waals surface area contributed by atoms with Gasteiger partial charge < -0.3 is 10.2 Å². The SMILES string of the molecule is C=CCC1(C)CCCC1(O)C(=O)O. The molecule has 1 rings (SSSR count). The largest absolute Gasteiger partial charge is 0.479 e. The van der Waals surface area contributed by atoms with Crippen molar-refractivity contribution in [2.45, 2.75) is 38.2 Å². The van der Waals surface area contributed by atoms with Crippen molar-refractivity contribution in [2.24, 2.45) is 5.41 Å². The molecule has 2 atom stereocenters. The van der Waals surface area contributed by atoms with Crippen LogP contribution in [0, 0.1) is 5.41 Å². The number of hydrogen-bond acceptors (Lipinski definition) is 2. The van der Waals surface area contributed by atoms with E-state index in [0.717, 1.165) is 12.8 Å². The summed E-state index contributed by atoms with van der Waals surface area (Å²) in [6.07, 6.45) is 4.11. The van der Waals surface area contributed by atoms with Crippen LogP contribution in [-0.2, 0) is 4.79 Å². The third-order valence-electron chi connectivity index (χ3n) is 3.21. The third-order valence-corrected chi connectivity index (χ3v) is 3.21. The summed E-state index contributed by atoms with van der Waals surface area (Å²) in [5.74, 6) is -1.10. The van der Waals surface area contributed by atoms with E-state index in [-0.39, 0.29) is 0 Å². The summed E-state index contributed by atoms with van der Waals surface area (Å²) in [7, 11) is 0. The molecule has 0 aliphatic heterocycles. The molecule has 1 aliphatic rings. The van der Waals surface area contributed by atoms with Gasteiger partial charge in [-0.3, -0.25) is 0 Å². The number of rotatable bonds is 3. The minimum absolute atomic E-state index is 0.354. The van der Waals surface area contributed by atoms with Crippen molar-refractivity contribution >= 4 is 5.97 Å². The number of aliphatic hydroxyl groups is 1. The maximum atomic E-state index is 10.9. The monoisotopic (exact) mass is 184 g/mol. The second-order valence-corrected chi connectivity index (χ2v) is 4.07. The topological polar surface area (TPSA) is 57.5 Å². The highest BCUT2D eigenvalue weighted by atomic mass is 16.4. The van der Waals surface area contributed by atoms with Gasteiger partial charge in [0, 0.05) is 5.41 Å². The van der Waals surface area contributed by atoms with Crippen molar-refractivity contribution in [3.63, 3.8) is 0 Å². The van der Waals surface area contributed by atoms with Crippen molar-refractivity contribution in [2.75, 3.05) is 0 Å². The number of aliphatic carboxylic acids is 1. The van der Waals surface area contributed by atoms with Crippen LogP contribution in [0.3, 0.4) is 0 Å². The molecular weight excluding hydrogens is 168 g/mol. The summed E-state index contributed by atoms with van der Waals surface area (Å²) < 4.78 is 0. The van der Waals surface area contributed by atoms with E-state index in [2.05, 4.69) is 6.58 Å². The molecule has 3 heteroatoms. The highest BCUT2D eigenvalue weighted by molar-refractivity contribution is 5.78. The maximum absolute atomic E-state index is 10.9. The van der Waals surface area contributed by atoms with Crippen LogP contribution in [0.25, 0.3) is 0 Å². The van der Waals surface area contributed by atoms with Gasteiger partial charge in [-0.1, -0.05) is 13.0 Å². The van der Waals surface area contributed by atoms with E-state index >= 15 is 0 Å². The maximum Gasteiger partial charge on any atom is 0.336 e. The fraction of sp³-hybridized carbons (Fsp3) is 0.700. The van der Waals surface area contributed by atoms with E-state index in [1.165, 1.54) is 0 Å².